The van der Waals surface area contributed by atoms with E-state index in [0.717, 1.165) is 29.1 Å². The predicted octanol–water partition coefficient (Wildman–Crippen LogP) is 2.68. The lowest BCUT2D eigenvalue weighted by molar-refractivity contribution is -0.142. The molecule has 0 bridgehead atoms. The number of carbonyl (C=O) groups is 2. The van der Waals surface area contributed by atoms with Crippen LogP contribution in [0.5, 0.6) is 0 Å². The summed E-state index contributed by atoms with van der Waals surface area (Å²) in [7, 11) is -3.76. The van der Waals surface area contributed by atoms with Gasteiger partial charge in [-0.3, -0.25) is 9.59 Å². The van der Waals surface area contributed by atoms with Gasteiger partial charge in [-0.1, -0.05) is 0 Å². The molecule has 1 aromatic carbocycles. The summed E-state index contributed by atoms with van der Waals surface area (Å²) in [4.78, 5) is 24.9. The molecular weight excluding hydrogens is 381 g/mol. The van der Waals surface area contributed by atoms with Gasteiger partial charge in [-0.2, -0.15) is 0 Å². The van der Waals surface area contributed by atoms with Crippen LogP contribution < -0.4 is 4.72 Å². The Morgan fingerprint density at radius 3 is 2.46 bits per heavy atom. The van der Waals surface area contributed by atoms with E-state index in [-0.39, 0.29) is 36.7 Å². The summed E-state index contributed by atoms with van der Waals surface area (Å²) in [6.07, 6.45) is 0.189. The second-order valence-corrected chi connectivity index (χ2v) is 8.50. The molecule has 1 N–H and O–H groups in total. The third kappa shape index (κ3) is 6.01. The standard InChI is InChI=1S/C17H18FNO5S2/c1-12-4-9-16(25-12)15(20)11-24-17(21)3-2-10-19-26(22,23)14-7-5-13(18)6-8-14/h4-9,19H,2-3,10-11H2,1H3. The number of ketones is 1. The lowest BCUT2D eigenvalue weighted by atomic mass is 10.3. The number of halogens is 1. The summed E-state index contributed by atoms with van der Waals surface area (Å²) in [6, 6.07) is 7.91. The van der Waals surface area contributed by atoms with Gasteiger partial charge in [0.1, 0.15) is 5.82 Å². The summed E-state index contributed by atoms with van der Waals surface area (Å²) in [6.45, 7) is 1.56. The van der Waals surface area contributed by atoms with Crippen molar-refractivity contribution in [3.8, 4) is 0 Å². The van der Waals surface area contributed by atoms with E-state index in [1.807, 2.05) is 13.0 Å². The number of ether oxygens (including phenoxy) is 1. The Morgan fingerprint density at radius 1 is 1.15 bits per heavy atom. The minimum absolute atomic E-state index is 0.0207. The number of esters is 1. The SMILES string of the molecule is Cc1ccc(C(=O)COC(=O)CCCNS(=O)(=O)c2ccc(F)cc2)s1. The first kappa shape index (κ1) is 20.2. The Kier molecular flexibility index (Phi) is 7.01. The van der Waals surface area contributed by atoms with Crippen molar-refractivity contribution in [1.82, 2.24) is 4.72 Å². The van der Waals surface area contributed by atoms with Crippen LogP contribution in [0.25, 0.3) is 0 Å². The van der Waals surface area contributed by atoms with Crippen molar-refractivity contribution in [2.24, 2.45) is 0 Å². The highest BCUT2D eigenvalue weighted by atomic mass is 32.2. The first-order valence-electron chi connectivity index (χ1n) is 7.78. The maximum Gasteiger partial charge on any atom is 0.306 e. The highest BCUT2D eigenvalue weighted by Crippen LogP contribution is 2.15. The Balaban J connectivity index is 1.69. The van der Waals surface area contributed by atoms with Crippen molar-refractivity contribution >= 4 is 33.1 Å². The van der Waals surface area contributed by atoms with Crippen molar-refractivity contribution in [3.63, 3.8) is 0 Å². The number of nitrogens with one attached hydrogen (secondary N) is 1. The number of sulfonamides is 1. The highest BCUT2D eigenvalue weighted by molar-refractivity contribution is 7.89. The Morgan fingerprint density at radius 2 is 1.85 bits per heavy atom. The van der Waals surface area contributed by atoms with Crippen LogP contribution in [-0.2, 0) is 19.6 Å². The molecule has 0 aliphatic carbocycles. The van der Waals surface area contributed by atoms with Crippen LogP contribution in [0, 0.1) is 12.7 Å². The van der Waals surface area contributed by atoms with Crippen molar-refractivity contribution < 1.29 is 27.1 Å². The molecule has 0 saturated heterocycles. The topological polar surface area (TPSA) is 89.5 Å². The smallest absolute Gasteiger partial charge is 0.306 e. The minimum Gasteiger partial charge on any atom is -0.457 e. The van der Waals surface area contributed by atoms with Crippen molar-refractivity contribution in [2.45, 2.75) is 24.7 Å². The third-order valence-electron chi connectivity index (χ3n) is 3.35. The van der Waals surface area contributed by atoms with Crippen LogP contribution in [0.4, 0.5) is 4.39 Å². The predicted molar refractivity (Wildman–Crippen MR) is 95.2 cm³/mol. The van der Waals surface area contributed by atoms with Gasteiger partial charge in [-0.05, 0) is 49.7 Å². The van der Waals surface area contributed by atoms with Crippen LogP contribution in [0.1, 0.15) is 27.4 Å². The Labute approximate surface area is 155 Å². The van der Waals surface area contributed by atoms with Gasteiger partial charge >= 0.3 is 5.97 Å². The number of thiophene rings is 1. The fraction of sp³-hybridized carbons (Fsp3) is 0.294. The van der Waals surface area contributed by atoms with E-state index in [2.05, 4.69) is 4.72 Å². The monoisotopic (exact) mass is 399 g/mol. The zero-order valence-corrected chi connectivity index (χ0v) is 15.7. The molecule has 0 unspecified atom stereocenters. The number of hydrogen-bond acceptors (Lipinski definition) is 6. The fourth-order valence-corrected chi connectivity index (χ4v) is 3.88. The van der Waals surface area contributed by atoms with Crippen molar-refractivity contribution in [3.05, 3.63) is 52.0 Å². The number of benzene rings is 1. The molecule has 0 fully saturated rings. The highest BCUT2D eigenvalue weighted by Gasteiger charge is 2.14. The lowest BCUT2D eigenvalue weighted by Gasteiger charge is -2.07. The van der Waals surface area contributed by atoms with Gasteiger partial charge in [0.25, 0.3) is 0 Å². The minimum atomic E-state index is -3.76. The molecule has 6 nitrogen and oxygen atoms in total. The lowest BCUT2D eigenvalue weighted by Crippen LogP contribution is -2.25. The largest absolute Gasteiger partial charge is 0.457 e. The summed E-state index contributed by atoms with van der Waals surface area (Å²) < 4.78 is 44.0. The van der Waals surface area contributed by atoms with E-state index in [0.29, 0.717) is 4.88 Å². The van der Waals surface area contributed by atoms with Gasteiger partial charge in [-0.25, -0.2) is 17.5 Å². The summed E-state index contributed by atoms with van der Waals surface area (Å²) in [5, 5.41) is 0. The Hall–Kier alpha value is -2.10. The molecule has 0 radical (unpaired) electrons. The van der Waals surface area contributed by atoms with E-state index in [9.17, 15) is 22.4 Å². The van der Waals surface area contributed by atoms with Crippen LogP contribution in [-0.4, -0.2) is 33.3 Å². The molecule has 2 aromatic rings. The quantitative estimate of drug-likeness (QED) is 0.398. The number of rotatable bonds is 9. The molecule has 1 heterocycles. The molecule has 140 valence electrons. The zero-order chi connectivity index (χ0) is 19.2. The van der Waals surface area contributed by atoms with E-state index in [1.54, 1.807) is 6.07 Å². The number of Topliss-reactive ketones (excluding diaryl/α,β-unsaturated/α-hetero) is 1. The number of aryl methyl sites for hydroxylation is 1. The van der Waals surface area contributed by atoms with Gasteiger partial charge in [0.2, 0.25) is 15.8 Å². The molecule has 9 heteroatoms. The number of hydrogen-bond donors (Lipinski definition) is 1. The average molecular weight is 399 g/mol. The molecule has 26 heavy (non-hydrogen) atoms. The van der Waals surface area contributed by atoms with E-state index in [4.69, 9.17) is 4.74 Å². The van der Waals surface area contributed by atoms with Gasteiger partial charge in [0.15, 0.2) is 6.61 Å². The van der Waals surface area contributed by atoms with E-state index in [1.165, 1.54) is 11.3 Å². The average Bonchev–Trinajstić information content (AvgIpc) is 3.03. The van der Waals surface area contributed by atoms with Crippen LogP contribution in [0.3, 0.4) is 0 Å². The Bertz CT molecular complexity index is 875. The van der Waals surface area contributed by atoms with Crippen LogP contribution in [0.15, 0.2) is 41.3 Å². The molecule has 2 rings (SSSR count). The summed E-state index contributed by atoms with van der Waals surface area (Å²) in [5.41, 5.74) is 0. The van der Waals surface area contributed by atoms with Crippen LogP contribution >= 0.6 is 11.3 Å². The first-order chi connectivity index (χ1) is 12.3. The van der Waals surface area contributed by atoms with Gasteiger partial charge in [0, 0.05) is 17.8 Å². The van der Waals surface area contributed by atoms with Crippen LogP contribution in [0.2, 0.25) is 0 Å². The van der Waals surface area contributed by atoms with E-state index >= 15 is 0 Å². The molecule has 0 aliphatic heterocycles. The second kappa shape index (κ2) is 9.02. The zero-order valence-electron chi connectivity index (χ0n) is 14.0. The maximum absolute atomic E-state index is 12.8. The van der Waals surface area contributed by atoms with Crippen molar-refractivity contribution in [1.29, 1.82) is 0 Å². The van der Waals surface area contributed by atoms with E-state index < -0.39 is 21.8 Å². The molecule has 0 atom stereocenters. The second-order valence-electron chi connectivity index (χ2n) is 5.45. The normalized spacial score (nSPS) is 11.3. The van der Waals surface area contributed by atoms with Gasteiger partial charge < -0.3 is 4.74 Å². The molecule has 0 aliphatic rings. The summed E-state index contributed by atoms with van der Waals surface area (Å²) in [5.74, 6) is -1.37. The molecular formula is C17H18FNO5S2. The maximum atomic E-state index is 12.8. The number of carbonyl (C=O) groups excluding carboxylic acids is 2. The van der Waals surface area contributed by atoms with Gasteiger partial charge in [0.05, 0.1) is 9.77 Å². The summed E-state index contributed by atoms with van der Waals surface area (Å²) >= 11 is 1.33. The van der Waals surface area contributed by atoms with Crippen molar-refractivity contribution in [2.75, 3.05) is 13.2 Å². The van der Waals surface area contributed by atoms with Gasteiger partial charge in [-0.15, -0.1) is 11.3 Å². The molecule has 0 saturated carbocycles. The first-order valence-corrected chi connectivity index (χ1v) is 10.1. The molecule has 0 amide bonds. The third-order valence-corrected chi connectivity index (χ3v) is 5.87. The fourth-order valence-electron chi connectivity index (χ4n) is 2.01. The molecule has 1 aromatic heterocycles. The molecule has 0 spiro atoms.